The van der Waals surface area contributed by atoms with E-state index in [4.69, 9.17) is 4.74 Å². The van der Waals surface area contributed by atoms with E-state index >= 15 is 0 Å². The molecule has 0 saturated heterocycles. The molecular formula is C14H15BrN4O5. The third-order valence-corrected chi connectivity index (χ3v) is 3.93. The zero-order chi connectivity index (χ0) is 18.0. The lowest BCUT2D eigenvalue weighted by Gasteiger charge is -2.02. The quantitative estimate of drug-likeness (QED) is 0.345. The third kappa shape index (κ3) is 3.37. The van der Waals surface area contributed by atoms with Crippen molar-refractivity contribution in [1.82, 2.24) is 14.8 Å². The number of esters is 1. The summed E-state index contributed by atoms with van der Waals surface area (Å²) < 4.78 is 6.31. The van der Waals surface area contributed by atoms with Crippen molar-refractivity contribution in [1.29, 1.82) is 0 Å². The number of halogens is 1. The number of ketones is 1. The normalized spacial score (nSPS) is 10.7. The van der Waals surface area contributed by atoms with Crippen LogP contribution in [0.3, 0.4) is 0 Å². The van der Waals surface area contributed by atoms with Crippen molar-refractivity contribution in [3.8, 4) is 0 Å². The monoisotopic (exact) mass is 398 g/mol. The van der Waals surface area contributed by atoms with Gasteiger partial charge in [-0.2, -0.15) is 4.68 Å². The molecule has 0 fully saturated rings. The summed E-state index contributed by atoms with van der Waals surface area (Å²) in [6, 6.07) is 0. The molecule has 2 aromatic rings. The van der Waals surface area contributed by atoms with Crippen LogP contribution in [0.2, 0.25) is 0 Å². The van der Waals surface area contributed by atoms with E-state index in [9.17, 15) is 19.7 Å². The van der Waals surface area contributed by atoms with Gasteiger partial charge in [0.15, 0.2) is 5.78 Å². The number of nitro groups is 1. The molecule has 2 rings (SSSR count). The van der Waals surface area contributed by atoms with Crippen LogP contribution in [0.1, 0.15) is 39.0 Å². The van der Waals surface area contributed by atoms with Gasteiger partial charge in [-0.3, -0.25) is 4.79 Å². The van der Waals surface area contributed by atoms with Crippen LogP contribution in [0.4, 0.5) is 5.82 Å². The Labute approximate surface area is 145 Å². The summed E-state index contributed by atoms with van der Waals surface area (Å²) >= 11 is 3.03. The van der Waals surface area contributed by atoms with Crippen molar-refractivity contribution in [3.05, 3.63) is 43.3 Å². The molecule has 2 aromatic heterocycles. The molecule has 0 unspecified atom stereocenters. The smallest absolute Gasteiger partial charge is 0.404 e. The first-order valence-electron chi connectivity index (χ1n) is 7.03. The number of nitrogens with zero attached hydrogens (tertiary/aromatic N) is 3. The van der Waals surface area contributed by atoms with Crippen molar-refractivity contribution >= 4 is 33.5 Å². The van der Waals surface area contributed by atoms with Gasteiger partial charge >= 0.3 is 11.8 Å². The van der Waals surface area contributed by atoms with Crippen LogP contribution in [0, 0.1) is 24.0 Å². The lowest BCUT2D eigenvalue weighted by molar-refractivity contribution is -0.390. The Hall–Kier alpha value is -2.49. The Morgan fingerprint density at radius 3 is 2.67 bits per heavy atom. The van der Waals surface area contributed by atoms with Crippen molar-refractivity contribution in [2.45, 2.75) is 27.3 Å². The summed E-state index contributed by atoms with van der Waals surface area (Å²) in [6.45, 7) is 5.05. The van der Waals surface area contributed by atoms with Crippen LogP contribution >= 0.6 is 15.9 Å². The van der Waals surface area contributed by atoms with E-state index in [-0.39, 0.29) is 34.9 Å². The third-order valence-electron chi connectivity index (χ3n) is 3.37. The Bertz CT molecular complexity index is 823. The molecule has 24 heavy (non-hydrogen) atoms. The van der Waals surface area contributed by atoms with Gasteiger partial charge in [0.05, 0.1) is 17.9 Å². The summed E-state index contributed by atoms with van der Waals surface area (Å²) in [7, 11) is 0. The number of Topliss-reactive ketones (excluding diaryl/α,β-unsaturated/α-hetero) is 1. The van der Waals surface area contributed by atoms with Crippen molar-refractivity contribution in [3.63, 3.8) is 0 Å². The van der Waals surface area contributed by atoms with Crippen LogP contribution < -0.4 is 0 Å². The molecule has 10 heteroatoms. The molecule has 9 nitrogen and oxygen atoms in total. The van der Waals surface area contributed by atoms with E-state index in [1.54, 1.807) is 20.8 Å². The lowest BCUT2D eigenvalue weighted by atomic mass is 10.1. The predicted molar refractivity (Wildman–Crippen MR) is 87.1 cm³/mol. The van der Waals surface area contributed by atoms with Gasteiger partial charge in [0.2, 0.25) is 0 Å². The Balaban J connectivity index is 2.29. The van der Waals surface area contributed by atoms with Crippen molar-refractivity contribution < 1.29 is 19.2 Å². The fraction of sp³-hybridized carbons (Fsp3) is 0.357. The molecule has 128 valence electrons. The second-order valence-corrected chi connectivity index (χ2v) is 5.88. The van der Waals surface area contributed by atoms with Gasteiger partial charge < -0.3 is 19.8 Å². The number of hydrogen-bond donors (Lipinski definition) is 1. The number of aromatic nitrogens is 3. The second kappa shape index (κ2) is 6.95. The fourth-order valence-corrected chi connectivity index (χ4v) is 2.85. The van der Waals surface area contributed by atoms with Crippen LogP contribution in [0.25, 0.3) is 0 Å². The standard InChI is InChI=1S/C14H15BrN4O5/c1-4-24-14(21)12-7(2)11(8(3)16-12)10(20)6-18-5-9(15)13(17-18)19(22)23/h5,16H,4,6H2,1-3H3. The average Bonchev–Trinajstić information content (AvgIpc) is 2.99. The van der Waals surface area contributed by atoms with Gasteiger partial charge in [-0.25, -0.2) is 4.79 Å². The van der Waals surface area contributed by atoms with Gasteiger partial charge in [0, 0.05) is 11.3 Å². The number of carbonyl (C=O) groups excluding carboxylic acids is 2. The molecule has 1 N–H and O–H groups in total. The number of ether oxygens (including phenoxy) is 1. The Kier molecular flexibility index (Phi) is 5.17. The SMILES string of the molecule is CCOC(=O)c1[nH]c(C)c(C(=O)Cn2cc(Br)c([N+](=O)[O-])n2)c1C. The van der Waals surface area contributed by atoms with E-state index in [2.05, 4.69) is 26.0 Å². The Morgan fingerprint density at radius 1 is 1.46 bits per heavy atom. The van der Waals surface area contributed by atoms with Crippen molar-refractivity contribution in [2.24, 2.45) is 0 Å². The fourth-order valence-electron chi connectivity index (χ4n) is 2.39. The minimum atomic E-state index is -0.642. The minimum Gasteiger partial charge on any atom is -0.461 e. The molecule has 0 atom stereocenters. The van der Waals surface area contributed by atoms with E-state index < -0.39 is 10.9 Å². The first kappa shape index (κ1) is 17.9. The number of nitrogens with one attached hydrogen (secondary N) is 1. The summed E-state index contributed by atoms with van der Waals surface area (Å²) in [5, 5.41) is 14.6. The van der Waals surface area contributed by atoms with Gasteiger partial charge in [0.1, 0.15) is 16.7 Å². The molecular weight excluding hydrogens is 384 g/mol. The van der Waals surface area contributed by atoms with Crippen molar-refractivity contribution in [2.75, 3.05) is 6.61 Å². The minimum absolute atomic E-state index is 0.186. The average molecular weight is 399 g/mol. The molecule has 0 aliphatic carbocycles. The predicted octanol–water partition coefficient (Wildman–Crippen LogP) is 2.56. The number of aryl methyl sites for hydroxylation is 1. The highest BCUT2D eigenvalue weighted by Crippen LogP contribution is 2.23. The van der Waals surface area contributed by atoms with Gasteiger partial charge in [-0.05, 0) is 47.2 Å². The number of carbonyl (C=O) groups is 2. The molecule has 0 bridgehead atoms. The topological polar surface area (TPSA) is 120 Å². The van der Waals surface area contributed by atoms with Crippen LogP contribution in [0.15, 0.2) is 10.7 Å². The summed E-state index contributed by atoms with van der Waals surface area (Å²) in [5.41, 5.74) is 1.59. The van der Waals surface area contributed by atoms with E-state index in [0.29, 0.717) is 16.8 Å². The number of hydrogen-bond acceptors (Lipinski definition) is 6. The maximum Gasteiger partial charge on any atom is 0.404 e. The van der Waals surface area contributed by atoms with E-state index in [1.165, 1.54) is 10.9 Å². The maximum atomic E-state index is 12.5. The highest BCUT2D eigenvalue weighted by Gasteiger charge is 2.25. The Morgan fingerprint density at radius 2 is 2.12 bits per heavy atom. The molecule has 0 aliphatic heterocycles. The largest absolute Gasteiger partial charge is 0.461 e. The highest BCUT2D eigenvalue weighted by atomic mass is 79.9. The van der Waals surface area contributed by atoms with Crippen LogP contribution in [-0.4, -0.2) is 38.0 Å². The molecule has 0 saturated carbocycles. The molecule has 0 amide bonds. The zero-order valence-electron chi connectivity index (χ0n) is 13.3. The zero-order valence-corrected chi connectivity index (χ0v) is 14.8. The number of rotatable bonds is 6. The van der Waals surface area contributed by atoms with Gasteiger partial charge in [-0.15, -0.1) is 0 Å². The molecule has 2 heterocycles. The second-order valence-electron chi connectivity index (χ2n) is 5.02. The summed E-state index contributed by atoms with van der Waals surface area (Å²) in [5.74, 6) is -1.21. The van der Waals surface area contributed by atoms with Gasteiger partial charge in [0.25, 0.3) is 0 Å². The number of aromatic amines is 1. The number of H-pyrrole nitrogens is 1. The van der Waals surface area contributed by atoms with Crippen LogP contribution in [0.5, 0.6) is 0 Å². The van der Waals surface area contributed by atoms with E-state index in [1.807, 2.05) is 0 Å². The first-order valence-corrected chi connectivity index (χ1v) is 7.82. The first-order chi connectivity index (χ1) is 11.3. The lowest BCUT2D eigenvalue weighted by Crippen LogP contribution is -2.13. The van der Waals surface area contributed by atoms with E-state index in [0.717, 1.165) is 0 Å². The summed E-state index contributed by atoms with van der Waals surface area (Å²) in [4.78, 5) is 37.4. The molecule has 0 radical (unpaired) electrons. The van der Waals surface area contributed by atoms with Crippen LogP contribution in [-0.2, 0) is 11.3 Å². The molecule has 0 aromatic carbocycles. The highest BCUT2D eigenvalue weighted by molar-refractivity contribution is 9.10. The summed E-state index contributed by atoms with van der Waals surface area (Å²) in [6.07, 6.45) is 1.36. The molecule has 0 spiro atoms. The maximum absolute atomic E-state index is 12.5. The van der Waals surface area contributed by atoms with Gasteiger partial charge in [-0.1, -0.05) is 0 Å². The molecule has 0 aliphatic rings.